The lowest BCUT2D eigenvalue weighted by Crippen LogP contribution is -2.59. The number of anilines is 2. The Morgan fingerprint density at radius 1 is 0.861 bits per heavy atom. The Bertz CT molecular complexity index is 946. The summed E-state index contributed by atoms with van der Waals surface area (Å²) in [5.74, 6) is -1.70. The fraction of sp³-hybridized carbons (Fsp3) is 0.630. The Morgan fingerprint density at radius 3 is 1.64 bits per heavy atom. The average Bonchev–Trinajstić information content (AvgIpc) is 2.76. The molecule has 2 rings (SSSR count). The zero-order valence-corrected chi connectivity index (χ0v) is 23.3. The van der Waals surface area contributed by atoms with Crippen LogP contribution in [0.25, 0.3) is 0 Å². The number of amides is 4. The van der Waals surface area contributed by atoms with Gasteiger partial charge in [0.25, 0.3) is 11.8 Å². The van der Waals surface area contributed by atoms with E-state index in [1.54, 1.807) is 30.6 Å². The number of para-hydroxylation sites is 2. The lowest BCUT2D eigenvalue weighted by atomic mass is 9.95. The Hall–Kier alpha value is -3.10. The monoisotopic (exact) mass is 502 g/mol. The molecule has 36 heavy (non-hydrogen) atoms. The minimum atomic E-state index is -1.45. The van der Waals surface area contributed by atoms with Crippen molar-refractivity contribution in [2.75, 3.05) is 22.9 Å². The minimum absolute atomic E-state index is 0.273. The first-order chi connectivity index (χ1) is 16.3. The van der Waals surface area contributed by atoms with E-state index in [0.29, 0.717) is 24.5 Å². The van der Waals surface area contributed by atoms with Crippen LogP contribution in [0.3, 0.4) is 0 Å². The van der Waals surface area contributed by atoms with Crippen LogP contribution in [0.2, 0.25) is 0 Å². The van der Waals surface area contributed by atoms with E-state index in [9.17, 15) is 19.2 Å². The standard InChI is InChI=1S/C27H42N4O5/c1-17(28-24(35)36-27(8,9)10)21(32)29-20-22(33)30(15-25(2,3)4)18-13-11-12-14-19(18)31(23(20)34)16-26(5,6)7/h11-14,17,20H,15-16H2,1-10H3,(H,28,35)(H,29,32)/t17-/m0/s1. The zero-order valence-electron chi connectivity index (χ0n) is 23.3. The first-order valence-electron chi connectivity index (χ1n) is 12.3. The molecule has 0 fully saturated rings. The predicted octanol–water partition coefficient (Wildman–Crippen LogP) is 3.86. The highest BCUT2D eigenvalue weighted by atomic mass is 16.6. The number of hydrogen-bond donors (Lipinski definition) is 2. The quantitative estimate of drug-likeness (QED) is 0.595. The normalized spacial score (nSPS) is 16.3. The number of nitrogens with one attached hydrogen (secondary N) is 2. The van der Waals surface area contributed by atoms with E-state index in [-0.39, 0.29) is 10.8 Å². The third-order valence-corrected chi connectivity index (χ3v) is 5.17. The van der Waals surface area contributed by atoms with Crippen LogP contribution in [0.1, 0.15) is 69.2 Å². The summed E-state index contributed by atoms with van der Waals surface area (Å²) in [6.07, 6.45) is -0.764. The van der Waals surface area contributed by atoms with Crippen LogP contribution in [-0.2, 0) is 19.1 Å². The fourth-order valence-corrected chi connectivity index (χ4v) is 3.79. The molecule has 9 heteroatoms. The molecule has 0 saturated carbocycles. The minimum Gasteiger partial charge on any atom is -0.444 e. The van der Waals surface area contributed by atoms with E-state index in [1.165, 1.54) is 6.92 Å². The summed E-state index contributed by atoms with van der Waals surface area (Å²) in [5, 5.41) is 5.07. The molecule has 4 amide bonds. The lowest BCUT2D eigenvalue weighted by Gasteiger charge is -2.32. The van der Waals surface area contributed by atoms with E-state index >= 15 is 0 Å². The number of carbonyl (C=O) groups excluding carboxylic acids is 4. The molecule has 9 nitrogen and oxygen atoms in total. The summed E-state index contributed by atoms with van der Waals surface area (Å²) in [6.45, 7) is 19.3. The van der Waals surface area contributed by atoms with Gasteiger partial charge in [-0.05, 0) is 50.7 Å². The van der Waals surface area contributed by atoms with Crippen molar-refractivity contribution < 1.29 is 23.9 Å². The second kappa shape index (κ2) is 10.5. The molecule has 1 atom stereocenters. The smallest absolute Gasteiger partial charge is 0.408 e. The molecule has 200 valence electrons. The van der Waals surface area contributed by atoms with Gasteiger partial charge in [0.15, 0.2) is 6.04 Å². The van der Waals surface area contributed by atoms with Gasteiger partial charge in [0.05, 0.1) is 11.4 Å². The number of rotatable bonds is 5. The molecule has 1 heterocycles. The van der Waals surface area contributed by atoms with Crippen LogP contribution in [0.5, 0.6) is 0 Å². The van der Waals surface area contributed by atoms with Gasteiger partial charge in [-0.2, -0.15) is 0 Å². The highest BCUT2D eigenvalue weighted by molar-refractivity contribution is 6.21. The molecule has 1 aromatic carbocycles. The fourth-order valence-electron chi connectivity index (χ4n) is 3.79. The van der Waals surface area contributed by atoms with Crippen LogP contribution in [0.4, 0.5) is 16.2 Å². The van der Waals surface area contributed by atoms with Gasteiger partial charge in [0.1, 0.15) is 11.6 Å². The van der Waals surface area contributed by atoms with Crippen molar-refractivity contribution in [1.82, 2.24) is 10.6 Å². The van der Waals surface area contributed by atoms with Crippen LogP contribution in [-0.4, -0.2) is 54.6 Å². The lowest BCUT2D eigenvalue weighted by molar-refractivity contribution is -0.135. The number of benzene rings is 1. The van der Waals surface area contributed by atoms with Gasteiger partial charge < -0.3 is 25.2 Å². The maximum Gasteiger partial charge on any atom is 0.408 e. The molecule has 1 aromatic rings. The van der Waals surface area contributed by atoms with Crippen LogP contribution in [0.15, 0.2) is 24.3 Å². The Balaban J connectivity index is 2.45. The molecule has 1 aliphatic rings. The molecule has 0 radical (unpaired) electrons. The molecule has 0 saturated heterocycles. The predicted molar refractivity (Wildman–Crippen MR) is 141 cm³/mol. The summed E-state index contributed by atoms with van der Waals surface area (Å²) in [7, 11) is 0. The number of hydrogen-bond acceptors (Lipinski definition) is 5. The van der Waals surface area contributed by atoms with Gasteiger partial charge in [-0.25, -0.2) is 4.79 Å². The molecule has 0 unspecified atom stereocenters. The largest absolute Gasteiger partial charge is 0.444 e. The van der Waals surface area contributed by atoms with Crippen molar-refractivity contribution in [1.29, 1.82) is 0 Å². The van der Waals surface area contributed by atoms with Crippen molar-refractivity contribution in [3.63, 3.8) is 0 Å². The summed E-state index contributed by atoms with van der Waals surface area (Å²) < 4.78 is 5.22. The second-order valence-corrected chi connectivity index (χ2v) is 12.8. The third kappa shape index (κ3) is 7.96. The molecule has 0 bridgehead atoms. The first kappa shape index (κ1) is 29.1. The summed E-state index contributed by atoms with van der Waals surface area (Å²) in [5.41, 5.74) is -0.0467. The van der Waals surface area contributed by atoms with Gasteiger partial charge >= 0.3 is 6.09 Å². The third-order valence-electron chi connectivity index (χ3n) is 5.17. The van der Waals surface area contributed by atoms with E-state index in [0.717, 1.165) is 0 Å². The van der Waals surface area contributed by atoms with Crippen molar-refractivity contribution in [3.05, 3.63) is 24.3 Å². The average molecular weight is 503 g/mol. The van der Waals surface area contributed by atoms with Crippen molar-refractivity contribution in [2.45, 2.75) is 86.9 Å². The van der Waals surface area contributed by atoms with Gasteiger partial charge in [-0.3, -0.25) is 14.4 Å². The molecule has 1 aliphatic heterocycles. The Morgan fingerprint density at radius 2 is 1.28 bits per heavy atom. The highest BCUT2D eigenvalue weighted by Crippen LogP contribution is 2.36. The van der Waals surface area contributed by atoms with E-state index in [2.05, 4.69) is 10.6 Å². The van der Waals surface area contributed by atoms with Crippen molar-refractivity contribution >= 4 is 35.2 Å². The van der Waals surface area contributed by atoms with Gasteiger partial charge in [-0.1, -0.05) is 53.7 Å². The summed E-state index contributed by atoms with van der Waals surface area (Å²) >= 11 is 0. The van der Waals surface area contributed by atoms with Gasteiger partial charge in [-0.15, -0.1) is 0 Å². The van der Waals surface area contributed by atoms with E-state index in [1.807, 2.05) is 65.8 Å². The molecule has 0 aliphatic carbocycles. The number of nitrogens with zero attached hydrogens (tertiary/aromatic N) is 2. The first-order valence-corrected chi connectivity index (χ1v) is 12.3. The zero-order chi connectivity index (χ0) is 27.6. The Kier molecular flexibility index (Phi) is 8.48. The summed E-state index contributed by atoms with van der Waals surface area (Å²) in [4.78, 5) is 56.0. The second-order valence-electron chi connectivity index (χ2n) is 12.8. The molecular weight excluding hydrogens is 460 g/mol. The molecular formula is C27H42N4O5. The topological polar surface area (TPSA) is 108 Å². The van der Waals surface area contributed by atoms with Crippen LogP contribution in [0, 0.1) is 10.8 Å². The number of alkyl carbamates (subject to hydrolysis) is 1. The number of carbonyl (C=O) groups is 4. The maximum absolute atomic E-state index is 13.8. The van der Waals surface area contributed by atoms with Crippen molar-refractivity contribution in [2.24, 2.45) is 10.8 Å². The Labute approximate surface area is 214 Å². The molecule has 0 spiro atoms. The van der Waals surface area contributed by atoms with E-state index in [4.69, 9.17) is 4.74 Å². The molecule has 2 N–H and O–H groups in total. The highest BCUT2D eigenvalue weighted by Gasteiger charge is 2.43. The van der Waals surface area contributed by atoms with E-state index < -0.39 is 41.5 Å². The SMILES string of the molecule is C[C@H](NC(=O)OC(C)(C)C)C(=O)NC1C(=O)N(CC(C)(C)C)c2ccccc2N(CC(C)(C)C)C1=O. The van der Waals surface area contributed by atoms with Gasteiger partial charge in [0.2, 0.25) is 5.91 Å². The van der Waals surface area contributed by atoms with Gasteiger partial charge in [0, 0.05) is 13.1 Å². The summed E-state index contributed by atoms with van der Waals surface area (Å²) in [6, 6.07) is 4.81. The number of ether oxygens (including phenoxy) is 1. The molecule has 0 aromatic heterocycles. The maximum atomic E-state index is 13.8. The van der Waals surface area contributed by atoms with Crippen LogP contribution < -0.4 is 20.4 Å². The number of fused-ring (bicyclic) bond motifs is 1. The van der Waals surface area contributed by atoms with Crippen molar-refractivity contribution in [3.8, 4) is 0 Å². The van der Waals surface area contributed by atoms with Crippen LogP contribution >= 0.6 is 0 Å².